The number of carbonyl (C=O) groups is 2. The largest absolute Gasteiger partial charge is 0.493 e. The van der Waals surface area contributed by atoms with Gasteiger partial charge in [0.15, 0.2) is 16.7 Å². The van der Waals surface area contributed by atoms with Crippen LogP contribution >= 0.6 is 11.8 Å². The molecule has 162 valence electrons. The number of hydrogen-bond acceptors (Lipinski definition) is 7. The van der Waals surface area contributed by atoms with E-state index in [1.807, 2.05) is 39.8 Å². The molecule has 2 aliphatic heterocycles. The van der Waals surface area contributed by atoms with Crippen LogP contribution in [0, 0.1) is 5.92 Å². The average Bonchev–Trinajstić information content (AvgIpc) is 2.99. The molecule has 7 nitrogen and oxygen atoms in total. The molecule has 2 aliphatic rings. The lowest BCUT2D eigenvalue weighted by molar-refractivity contribution is -0.141. The molecule has 8 heteroatoms. The van der Waals surface area contributed by atoms with E-state index in [0.29, 0.717) is 41.2 Å². The van der Waals surface area contributed by atoms with Crippen LogP contribution in [0.3, 0.4) is 0 Å². The Morgan fingerprint density at radius 2 is 2.03 bits per heavy atom. The molecule has 30 heavy (non-hydrogen) atoms. The van der Waals surface area contributed by atoms with Crippen molar-refractivity contribution >= 4 is 28.8 Å². The molecule has 1 saturated heterocycles. The minimum Gasteiger partial charge on any atom is -0.493 e. The second kappa shape index (κ2) is 9.12. The molecule has 0 N–H and O–H groups in total. The first-order chi connectivity index (χ1) is 14.3. The smallest absolute Gasteiger partial charge is 0.338 e. The van der Waals surface area contributed by atoms with Gasteiger partial charge in [-0.25, -0.2) is 9.79 Å². The fourth-order valence-corrected chi connectivity index (χ4v) is 4.46. The van der Waals surface area contributed by atoms with Gasteiger partial charge in [-0.2, -0.15) is 0 Å². The van der Waals surface area contributed by atoms with Gasteiger partial charge in [-0.05, 0) is 44.4 Å². The summed E-state index contributed by atoms with van der Waals surface area (Å²) in [7, 11) is 1.56. The minimum atomic E-state index is -0.633. The third kappa shape index (κ3) is 4.19. The molecule has 1 aromatic rings. The van der Waals surface area contributed by atoms with Gasteiger partial charge in [0.25, 0.3) is 0 Å². The third-order valence-electron chi connectivity index (χ3n) is 4.83. The van der Waals surface area contributed by atoms with Crippen molar-refractivity contribution in [3.8, 4) is 11.5 Å². The summed E-state index contributed by atoms with van der Waals surface area (Å²) in [5.74, 6) is 0.801. The highest BCUT2D eigenvalue weighted by molar-refractivity contribution is 8.15. The number of esters is 1. The normalized spacial score (nSPS) is 21.0. The SMILES string of the molecule is CCOc1ccc([C@H]2C(C(=O)OCC(C)C)=C(C)N=C3S[C@H](C)C(=O)N32)cc1OC. The van der Waals surface area contributed by atoms with Gasteiger partial charge in [0, 0.05) is 0 Å². The Labute approximate surface area is 181 Å². The van der Waals surface area contributed by atoms with E-state index >= 15 is 0 Å². The molecule has 3 rings (SSSR count). The molecule has 0 saturated carbocycles. The van der Waals surface area contributed by atoms with Crippen molar-refractivity contribution in [2.45, 2.75) is 45.9 Å². The molecule has 1 amide bonds. The van der Waals surface area contributed by atoms with Crippen LogP contribution in [-0.2, 0) is 14.3 Å². The van der Waals surface area contributed by atoms with Crippen LogP contribution in [0.2, 0.25) is 0 Å². The Morgan fingerprint density at radius 1 is 1.30 bits per heavy atom. The van der Waals surface area contributed by atoms with Crippen molar-refractivity contribution in [3.63, 3.8) is 0 Å². The third-order valence-corrected chi connectivity index (χ3v) is 5.88. The highest BCUT2D eigenvalue weighted by atomic mass is 32.2. The molecule has 0 unspecified atom stereocenters. The molecule has 2 atom stereocenters. The van der Waals surface area contributed by atoms with Gasteiger partial charge in [0.2, 0.25) is 5.91 Å². The van der Waals surface area contributed by atoms with Gasteiger partial charge in [-0.3, -0.25) is 9.69 Å². The standard InChI is InChI=1S/C22H28N2O5S/c1-7-28-16-9-8-15(10-17(16)27-6)19-18(21(26)29-11-12(2)3)13(4)23-22-24(19)20(25)14(5)30-22/h8-10,12,14,19H,7,11H2,1-6H3/t14-,19+/m1/s1. The van der Waals surface area contributed by atoms with Crippen LogP contribution in [-0.4, -0.2) is 47.5 Å². The van der Waals surface area contributed by atoms with E-state index in [1.54, 1.807) is 25.0 Å². The summed E-state index contributed by atoms with van der Waals surface area (Å²) in [5.41, 5.74) is 1.66. The summed E-state index contributed by atoms with van der Waals surface area (Å²) in [6.45, 7) is 10.3. The molecule has 0 aliphatic carbocycles. The molecule has 0 bridgehead atoms. The highest BCUT2D eigenvalue weighted by Gasteiger charge is 2.46. The van der Waals surface area contributed by atoms with Crippen molar-refractivity contribution in [1.82, 2.24) is 4.90 Å². The Hall–Kier alpha value is -2.48. The lowest BCUT2D eigenvalue weighted by atomic mass is 9.94. The molecular weight excluding hydrogens is 404 g/mol. The van der Waals surface area contributed by atoms with E-state index in [1.165, 1.54) is 11.8 Å². The van der Waals surface area contributed by atoms with Gasteiger partial charge >= 0.3 is 5.97 Å². The first-order valence-electron chi connectivity index (χ1n) is 10.1. The van der Waals surface area contributed by atoms with Crippen molar-refractivity contribution < 1.29 is 23.8 Å². The number of methoxy groups -OCH3 is 1. The van der Waals surface area contributed by atoms with E-state index in [-0.39, 0.29) is 17.1 Å². The fraction of sp³-hybridized carbons (Fsp3) is 0.500. The number of benzene rings is 1. The van der Waals surface area contributed by atoms with Crippen LogP contribution in [0.15, 0.2) is 34.5 Å². The topological polar surface area (TPSA) is 77.4 Å². The zero-order valence-electron chi connectivity index (χ0n) is 18.2. The number of aliphatic imine (C=N–C) groups is 1. The van der Waals surface area contributed by atoms with Crippen LogP contribution in [0.1, 0.15) is 46.2 Å². The van der Waals surface area contributed by atoms with Crippen LogP contribution < -0.4 is 9.47 Å². The van der Waals surface area contributed by atoms with Crippen molar-refractivity contribution in [1.29, 1.82) is 0 Å². The van der Waals surface area contributed by atoms with Gasteiger partial charge in [-0.1, -0.05) is 31.7 Å². The quantitative estimate of drug-likeness (QED) is 0.608. The summed E-state index contributed by atoms with van der Waals surface area (Å²) in [6.07, 6.45) is 0. The molecule has 2 heterocycles. The lowest BCUT2D eigenvalue weighted by Gasteiger charge is -2.33. The Balaban J connectivity index is 2.10. The molecule has 0 spiro atoms. The maximum absolute atomic E-state index is 13.0. The van der Waals surface area contributed by atoms with Crippen molar-refractivity contribution in [2.24, 2.45) is 10.9 Å². The number of amides is 1. The molecular formula is C22H28N2O5S. The van der Waals surface area contributed by atoms with E-state index in [0.717, 1.165) is 5.56 Å². The molecule has 0 aromatic heterocycles. The van der Waals surface area contributed by atoms with Crippen LogP contribution in [0.5, 0.6) is 11.5 Å². The number of hydrogen-bond donors (Lipinski definition) is 0. The van der Waals surface area contributed by atoms with Crippen LogP contribution in [0.25, 0.3) is 0 Å². The van der Waals surface area contributed by atoms with Gasteiger partial charge in [0.05, 0.1) is 42.9 Å². The zero-order chi connectivity index (χ0) is 22.0. The summed E-state index contributed by atoms with van der Waals surface area (Å²) < 4.78 is 16.6. The van der Waals surface area contributed by atoms with Crippen LogP contribution in [0.4, 0.5) is 0 Å². The highest BCUT2D eigenvalue weighted by Crippen LogP contribution is 2.44. The van der Waals surface area contributed by atoms with E-state index in [9.17, 15) is 9.59 Å². The lowest BCUT2D eigenvalue weighted by Crippen LogP contribution is -2.40. The van der Waals surface area contributed by atoms with E-state index < -0.39 is 12.0 Å². The van der Waals surface area contributed by atoms with E-state index in [4.69, 9.17) is 14.2 Å². The first-order valence-corrected chi connectivity index (χ1v) is 10.9. The fourth-order valence-electron chi connectivity index (χ4n) is 3.43. The number of thioether (sulfide) groups is 1. The van der Waals surface area contributed by atoms with Crippen molar-refractivity contribution in [3.05, 3.63) is 35.0 Å². The second-order valence-corrected chi connectivity index (χ2v) is 8.91. The number of fused-ring (bicyclic) bond motifs is 1. The summed E-state index contributed by atoms with van der Waals surface area (Å²) >= 11 is 1.40. The van der Waals surface area contributed by atoms with Gasteiger partial charge in [-0.15, -0.1) is 0 Å². The maximum atomic E-state index is 13.0. The Bertz CT molecular complexity index is 909. The second-order valence-electron chi connectivity index (χ2n) is 7.60. The minimum absolute atomic E-state index is 0.0849. The Kier molecular flexibility index (Phi) is 6.75. The van der Waals surface area contributed by atoms with Crippen molar-refractivity contribution in [2.75, 3.05) is 20.3 Å². The molecule has 1 fully saturated rings. The average molecular weight is 433 g/mol. The predicted octanol–water partition coefficient (Wildman–Crippen LogP) is 3.94. The molecule has 0 radical (unpaired) electrons. The van der Waals surface area contributed by atoms with Gasteiger partial charge < -0.3 is 14.2 Å². The number of amidine groups is 1. The number of nitrogens with zero attached hydrogens (tertiary/aromatic N) is 2. The number of rotatable bonds is 7. The molecule has 1 aromatic carbocycles. The number of allylic oxidation sites excluding steroid dienone is 1. The first kappa shape index (κ1) is 22.2. The van der Waals surface area contributed by atoms with E-state index in [2.05, 4.69) is 4.99 Å². The summed E-state index contributed by atoms with van der Waals surface area (Å²) in [4.78, 5) is 32.2. The monoisotopic (exact) mass is 432 g/mol. The Morgan fingerprint density at radius 3 is 2.67 bits per heavy atom. The maximum Gasteiger partial charge on any atom is 0.338 e. The zero-order valence-corrected chi connectivity index (χ0v) is 19.0. The predicted molar refractivity (Wildman–Crippen MR) is 117 cm³/mol. The number of carbonyl (C=O) groups excluding carboxylic acids is 2. The summed E-state index contributed by atoms with van der Waals surface area (Å²) in [5, 5.41) is 0.331. The number of ether oxygens (including phenoxy) is 3. The van der Waals surface area contributed by atoms with Gasteiger partial charge in [0.1, 0.15) is 0 Å². The summed E-state index contributed by atoms with van der Waals surface area (Å²) in [6, 6.07) is 4.83.